The highest BCUT2D eigenvalue weighted by Crippen LogP contribution is 2.34. The molecule has 12 heteroatoms. The highest BCUT2D eigenvalue weighted by Gasteiger charge is 2.42. The molecule has 0 radical (unpaired) electrons. The van der Waals surface area contributed by atoms with E-state index in [1.165, 1.54) is 24.1 Å². The molecule has 0 N–H and O–H groups in total. The summed E-state index contributed by atoms with van der Waals surface area (Å²) in [7, 11) is 1.34. The normalized spacial score (nSPS) is 17.0. The first-order valence-corrected chi connectivity index (χ1v) is 9.25. The van der Waals surface area contributed by atoms with Crippen LogP contribution in [0, 0.1) is 5.92 Å². The molecule has 3 heterocycles. The number of carbonyl (C=O) groups excluding carboxylic acids is 2. The minimum absolute atomic E-state index is 0.0114. The minimum atomic E-state index is -4.88. The molecule has 30 heavy (non-hydrogen) atoms. The summed E-state index contributed by atoms with van der Waals surface area (Å²) in [4.78, 5) is 26.1. The zero-order valence-corrected chi connectivity index (χ0v) is 16.3. The zero-order chi connectivity index (χ0) is 21.9. The summed E-state index contributed by atoms with van der Waals surface area (Å²) < 4.78 is 51.8. The third-order valence-electron chi connectivity index (χ3n) is 4.65. The van der Waals surface area contributed by atoms with Crippen molar-refractivity contribution in [2.75, 3.05) is 26.8 Å². The predicted molar refractivity (Wildman–Crippen MR) is 96.0 cm³/mol. The van der Waals surface area contributed by atoms with Crippen LogP contribution in [-0.4, -0.2) is 63.6 Å². The van der Waals surface area contributed by atoms with Gasteiger partial charge in [0.05, 0.1) is 31.4 Å². The van der Waals surface area contributed by atoms with Crippen LogP contribution in [0.1, 0.15) is 35.8 Å². The fourth-order valence-electron chi connectivity index (χ4n) is 3.27. The first-order chi connectivity index (χ1) is 14.3. The molecular weight excluding hydrogens is 407 g/mol. The lowest BCUT2D eigenvalue weighted by atomic mass is 9.97. The monoisotopic (exact) mass is 427 g/mol. The number of halogens is 3. The van der Waals surface area contributed by atoms with Crippen molar-refractivity contribution in [1.82, 2.24) is 24.9 Å². The largest absolute Gasteiger partial charge is 0.480 e. The van der Waals surface area contributed by atoms with E-state index >= 15 is 0 Å². The van der Waals surface area contributed by atoms with E-state index in [0.717, 1.165) is 6.20 Å². The zero-order valence-electron chi connectivity index (χ0n) is 16.3. The van der Waals surface area contributed by atoms with Crippen molar-refractivity contribution in [2.45, 2.75) is 25.9 Å². The molecule has 0 aromatic carbocycles. The molecule has 0 bridgehead atoms. The quantitative estimate of drug-likeness (QED) is 0.674. The molecule has 0 unspecified atom stereocenters. The Morgan fingerprint density at radius 2 is 2.03 bits per heavy atom. The molecule has 0 saturated carbocycles. The van der Waals surface area contributed by atoms with Crippen LogP contribution < -0.4 is 4.74 Å². The molecule has 1 fully saturated rings. The number of carbonyl (C=O) groups is 2. The Morgan fingerprint density at radius 3 is 2.63 bits per heavy atom. The first-order valence-electron chi connectivity index (χ1n) is 9.25. The first kappa shape index (κ1) is 21.5. The maximum absolute atomic E-state index is 13.8. The van der Waals surface area contributed by atoms with Crippen molar-refractivity contribution in [2.24, 2.45) is 5.92 Å². The van der Waals surface area contributed by atoms with Gasteiger partial charge in [-0.2, -0.15) is 18.3 Å². The number of alkyl halides is 3. The summed E-state index contributed by atoms with van der Waals surface area (Å²) in [5.74, 6) is -1.99. The second kappa shape index (κ2) is 8.67. The average Bonchev–Trinajstić information content (AvgIpc) is 3.19. The Hall–Kier alpha value is -3.18. The summed E-state index contributed by atoms with van der Waals surface area (Å²) >= 11 is 0. The van der Waals surface area contributed by atoms with Crippen molar-refractivity contribution < 1.29 is 32.2 Å². The number of piperidine rings is 1. The third kappa shape index (κ3) is 4.36. The fourth-order valence-corrected chi connectivity index (χ4v) is 3.27. The summed E-state index contributed by atoms with van der Waals surface area (Å²) in [6.45, 7) is 2.08. The van der Waals surface area contributed by atoms with E-state index in [1.54, 1.807) is 6.92 Å². The molecular formula is C18H20F3N5O4. The molecule has 3 rings (SSSR count). The van der Waals surface area contributed by atoms with E-state index in [-0.39, 0.29) is 31.4 Å². The van der Waals surface area contributed by atoms with Crippen LogP contribution in [0.25, 0.3) is 5.82 Å². The van der Waals surface area contributed by atoms with Crippen LogP contribution in [-0.2, 0) is 15.7 Å². The molecule has 1 amide bonds. The van der Waals surface area contributed by atoms with E-state index in [1.807, 2.05) is 0 Å². The Labute approximate surface area is 169 Å². The maximum Gasteiger partial charge on any atom is 0.434 e. The second-order valence-corrected chi connectivity index (χ2v) is 6.59. The molecule has 0 aliphatic carbocycles. The van der Waals surface area contributed by atoms with Crippen molar-refractivity contribution in [3.8, 4) is 11.7 Å². The molecule has 1 aliphatic rings. The maximum atomic E-state index is 13.8. The molecule has 2 aromatic heterocycles. The number of aromatic nitrogens is 4. The summed E-state index contributed by atoms with van der Waals surface area (Å²) in [6, 6.07) is 2.58. The molecule has 9 nitrogen and oxygen atoms in total. The standard InChI is InChI=1S/C18H20F3N5O4/c1-3-30-17(28)11-5-4-8-25(10-11)16(27)12-9-22-26(15(12)18(19,20)21)13-6-7-14(29-2)24-23-13/h6-7,9,11H,3-5,8,10H2,1-2H3/t11-/m1/s1. The minimum Gasteiger partial charge on any atom is -0.480 e. The van der Waals surface area contributed by atoms with E-state index < -0.39 is 35.2 Å². The van der Waals surface area contributed by atoms with Gasteiger partial charge in [-0.05, 0) is 25.8 Å². The Balaban J connectivity index is 1.92. The van der Waals surface area contributed by atoms with E-state index in [2.05, 4.69) is 15.3 Å². The van der Waals surface area contributed by atoms with Gasteiger partial charge in [0.2, 0.25) is 5.88 Å². The number of likely N-dealkylation sites (tertiary alicyclic amines) is 1. The molecule has 2 aromatic rings. The SMILES string of the molecule is CCOC(=O)[C@@H]1CCCN(C(=O)c2cnn(-c3ccc(OC)nn3)c2C(F)(F)F)C1. The average molecular weight is 427 g/mol. The number of hydrogen-bond donors (Lipinski definition) is 0. The molecule has 162 valence electrons. The predicted octanol–water partition coefficient (Wildman–Crippen LogP) is 2.10. The van der Waals surface area contributed by atoms with Crippen LogP contribution in [0.2, 0.25) is 0 Å². The number of methoxy groups -OCH3 is 1. The number of nitrogens with zero attached hydrogens (tertiary/aromatic N) is 5. The number of amides is 1. The summed E-state index contributed by atoms with van der Waals surface area (Å²) in [5, 5.41) is 11.0. The fraction of sp³-hybridized carbons (Fsp3) is 0.500. The molecule has 1 aliphatic heterocycles. The van der Waals surface area contributed by atoms with Gasteiger partial charge in [0.25, 0.3) is 5.91 Å². The van der Waals surface area contributed by atoms with Gasteiger partial charge in [-0.25, -0.2) is 4.68 Å². The lowest BCUT2D eigenvalue weighted by Gasteiger charge is -2.31. The van der Waals surface area contributed by atoms with E-state index in [0.29, 0.717) is 17.5 Å². The highest BCUT2D eigenvalue weighted by molar-refractivity contribution is 5.96. The van der Waals surface area contributed by atoms with Crippen molar-refractivity contribution in [3.63, 3.8) is 0 Å². The van der Waals surface area contributed by atoms with Crippen molar-refractivity contribution >= 4 is 11.9 Å². The molecule has 0 spiro atoms. The summed E-state index contributed by atoms with van der Waals surface area (Å²) in [5.41, 5.74) is -1.88. The van der Waals surface area contributed by atoms with Crippen molar-refractivity contribution in [1.29, 1.82) is 0 Å². The third-order valence-corrected chi connectivity index (χ3v) is 4.65. The van der Waals surface area contributed by atoms with E-state index in [4.69, 9.17) is 9.47 Å². The summed E-state index contributed by atoms with van der Waals surface area (Å²) in [6.07, 6.45) is -3.03. The van der Waals surface area contributed by atoms with Crippen molar-refractivity contribution in [3.05, 3.63) is 29.6 Å². The van der Waals surface area contributed by atoms with Crippen LogP contribution >= 0.6 is 0 Å². The van der Waals surface area contributed by atoms with Gasteiger partial charge in [-0.3, -0.25) is 9.59 Å². The van der Waals surface area contributed by atoms with Crippen LogP contribution in [0.4, 0.5) is 13.2 Å². The lowest BCUT2D eigenvalue weighted by molar-refractivity contribution is -0.149. The number of ether oxygens (including phenoxy) is 2. The van der Waals surface area contributed by atoms with Crippen LogP contribution in [0.5, 0.6) is 5.88 Å². The smallest absolute Gasteiger partial charge is 0.434 e. The number of hydrogen-bond acceptors (Lipinski definition) is 7. The number of rotatable bonds is 5. The molecule has 1 saturated heterocycles. The van der Waals surface area contributed by atoms with Gasteiger partial charge in [0, 0.05) is 19.2 Å². The lowest BCUT2D eigenvalue weighted by Crippen LogP contribution is -2.43. The topological polar surface area (TPSA) is 99.4 Å². The van der Waals surface area contributed by atoms with Gasteiger partial charge in [0.1, 0.15) is 0 Å². The Kier molecular flexibility index (Phi) is 6.22. The molecule has 1 atom stereocenters. The van der Waals surface area contributed by atoms with Gasteiger partial charge in [-0.15, -0.1) is 10.2 Å². The van der Waals surface area contributed by atoms with Crippen LogP contribution in [0.15, 0.2) is 18.3 Å². The highest BCUT2D eigenvalue weighted by atomic mass is 19.4. The Morgan fingerprint density at radius 1 is 1.27 bits per heavy atom. The van der Waals surface area contributed by atoms with Gasteiger partial charge in [0.15, 0.2) is 11.5 Å². The van der Waals surface area contributed by atoms with E-state index in [9.17, 15) is 22.8 Å². The van der Waals surface area contributed by atoms with Gasteiger partial charge in [-0.1, -0.05) is 0 Å². The van der Waals surface area contributed by atoms with Gasteiger partial charge >= 0.3 is 12.1 Å². The van der Waals surface area contributed by atoms with Gasteiger partial charge < -0.3 is 14.4 Å². The van der Waals surface area contributed by atoms with Crippen LogP contribution in [0.3, 0.4) is 0 Å². The Bertz CT molecular complexity index is 914. The second-order valence-electron chi connectivity index (χ2n) is 6.59. The number of esters is 1.